The van der Waals surface area contributed by atoms with Crippen LogP contribution < -0.4 is 0 Å². The molecule has 0 heterocycles. The minimum Gasteiger partial charge on any atom is -0.462 e. The number of hydrogen-bond donors (Lipinski definition) is 1. The highest BCUT2D eigenvalue weighted by Gasteiger charge is 2.15. The third-order valence-corrected chi connectivity index (χ3v) is 6.87. The zero-order valence-electron chi connectivity index (χ0n) is 29.0. The van der Waals surface area contributed by atoms with Crippen LogP contribution >= 0.6 is 0 Å². The summed E-state index contributed by atoms with van der Waals surface area (Å²) in [5.74, 6) is -0.692. The molecule has 0 saturated carbocycles. The molecular formula is C41H64O5. The molecule has 258 valence electrons. The summed E-state index contributed by atoms with van der Waals surface area (Å²) in [7, 11) is 0. The van der Waals surface area contributed by atoms with Crippen molar-refractivity contribution in [2.45, 2.75) is 136 Å². The number of aliphatic hydroxyl groups excluding tert-OH is 1. The van der Waals surface area contributed by atoms with Gasteiger partial charge in [0, 0.05) is 12.8 Å². The number of allylic oxidation sites excluding steroid dienone is 16. The number of unbranched alkanes of at least 4 members (excludes halogenated alkanes) is 6. The Balaban J connectivity index is 3.76. The van der Waals surface area contributed by atoms with Crippen LogP contribution in [0.2, 0.25) is 0 Å². The van der Waals surface area contributed by atoms with Crippen molar-refractivity contribution in [2.24, 2.45) is 0 Å². The highest BCUT2D eigenvalue weighted by Crippen LogP contribution is 2.09. The predicted octanol–water partition coefficient (Wildman–Crippen LogP) is 10.9. The molecular weight excluding hydrogens is 572 g/mol. The number of rotatable bonds is 30. The quantitative estimate of drug-likeness (QED) is 0.0482. The second-order valence-corrected chi connectivity index (χ2v) is 11.2. The average molecular weight is 637 g/mol. The van der Waals surface area contributed by atoms with E-state index < -0.39 is 6.10 Å². The lowest BCUT2D eigenvalue weighted by Crippen LogP contribution is -2.28. The van der Waals surface area contributed by atoms with Crippen LogP contribution in [0.15, 0.2) is 97.2 Å². The third kappa shape index (κ3) is 33.7. The molecule has 1 atom stereocenters. The monoisotopic (exact) mass is 636 g/mol. The Morgan fingerprint density at radius 1 is 0.500 bits per heavy atom. The van der Waals surface area contributed by atoms with E-state index in [9.17, 15) is 14.7 Å². The molecule has 0 fully saturated rings. The second-order valence-electron chi connectivity index (χ2n) is 11.2. The Bertz CT molecular complexity index is 948. The molecule has 1 unspecified atom stereocenters. The molecule has 46 heavy (non-hydrogen) atoms. The van der Waals surface area contributed by atoms with Crippen molar-refractivity contribution in [3.05, 3.63) is 97.2 Å². The Labute approximate surface area is 281 Å². The van der Waals surface area contributed by atoms with Gasteiger partial charge in [-0.15, -0.1) is 0 Å². The Hall–Kier alpha value is -3.18. The van der Waals surface area contributed by atoms with Crippen LogP contribution in [0.25, 0.3) is 0 Å². The SMILES string of the molecule is CCC=CCC=CCC=CCC=CCC=CCCCC(=O)OC(CO)COC(=O)CCCCCCCC=CCC=CCC=CCC. The second kappa shape index (κ2) is 36.3. The molecule has 0 aromatic rings. The summed E-state index contributed by atoms with van der Waals surface area (Å²) < 4.78 is 10.5. The van der Waals surface area contributed by atoms with E-state index in [4.69, 9.17) is 9.47 Å². The molecule has 0 aliphatic heterocycles. The van der Waals surface area contributed by atoms with E-state index in [1.807, 2.05) is 0 Å². The molecule has 1 N–H and O–H groups in total. The van der Waals surface area contributed by atoms with Crippen molar-refractivity contribution in [3.8, 4) is 0 Å². The van der Waals surface area contributed by atoms with Gasteiger partial charge in [-0.2, -0.15) is 0 Å². The van der Waals surface area contributed by atoms with Crippen molar-refractivity contribution in [2.75, 3.05) is 13.2 Å². The summed E-state index contributed by atoms with van der Waals surface area (Å²) in [6.07, 6.45) is 50.3. The Morgan fingerprint density at radius 3 is 1.37 bits per heavy atom. The summed E-state index contributed by atoms with van der Waals surface area (Å²) in [5, 5.41) is 9.52. The number of carbonyl (C=O) groups is 2. The number of carbonyl (C=O) groups excluding carboxylic acids is 2. The van der Waals surface area contributed by atoms with Gasteiger partial charge in [0.25, 0.3) is 0 Å². The average Bonchev–Trinajstić information content (AvgIpc) is 3.06. The summed E-state index contributed by atoms with van der Waals surface area (Å²) in [4.78, 5) is 24.2. The molecule has 0 aliphatic rings. The molecule has 5 nitrogen and oxygen atoms in total. The molecule has 0 aromatic heterocycles. The number of aliphatic hydroxyl groups is 1. The fraction of sp³-hybridized carbons (Fsp3) is 0.561. The highest BCUT2D eigenvalue weighted by molar-refractivity contribution is 5.70. The van der Waals surface area contributed by atoms with E-state index in [0.29, 0.717) is 12.8 Å². The van der Waals surface area contributed by atoms with E-state index in [2.05, 4.69) is 111 Å². The van der Waals surface area contributed by atoms with E-state index in [-0.39, 0.29) is 31.6 Å². The lowest BCUT2D eigenvalue weighted by atomic mass is 10.1. The standard InChI is InChI=1S/C41H64O5/c1-3-5-7-9-11-13-15-17-19-20-22-24-26-28-30-32-34-36-41(44)46-39(37-42)38-45-40(43)35-33-31-29-27-25-23-21-18-16-14-12-10-8-6-4-2/h5-8,11-14,17-19,21-22,24,28,30,39,42H,3-4,9-10,15-16,20,23,25-27,29,31-38H2,1-2H3. The van der Waals surface area contributed by atoms with Crippen LogP contribution in [0.4, 0.5) is 0 Å². The van der Waals surface area contributed by atoms with Crippen LogP contribution in [0, 0.1) is 0 Å². The number of esters is 2. The number of ether oxygens (including phenoxy) is 2. The maximum Gasteiger partial charge on any atom is 0.306 e. The molecule has 0 aliphatic carbocycles. The minimum atomic E-state index is -0.813. The van der Waals surface area contributed by atoms with Gasteiger partial charge < -0.3 is 14.6 Å². The summed E-state index contributed by atoms with van der Waals surface area (Å²) >= 11 is 0. The van der Waals surface area contributed by atoms with Gasteiger partial charge >= 0.3 is 11.9 Å². The predicted molar refractivity (Wildman–Crippen MR) is 195 cm³/mol. The van der Waals surface area contributed by atoms with E-state index in [0.717, 1.165) is 96.3 Å². The fourth-order valence-electron chi connectivity index (χ4n) is 4.25. The normalized spacial score (nSPS) is 13.4. The first-order valence-corrected chi connectivity index (χ1v) is 17.8. The van der Waals surface area contributed by atoms with Crippen LogP contribution in [-0.2, 0) is 19.1 Å². The van der Waals surface area contributed by atoms with Crippen molar-refractivity contribution >= 4 is 11.9 Å². The Kier molecular flexibility index (Phi) is 33.8. The third-order valence-electron chi connectivity index (χ3n) is 6.87. The van der Waals surface area contributed by atoms with E-state index in [1.165, 1.54) is 0 Å². The lowest BCUT2D eigenvalue weighted by molar-refractivity contribution is -0.161. The maximum absolute atomic E-state index is 12.1. The summed E-state index contributed by atoms with van der Waals surface area (Å²) in [5.41, 5.74) is 0. The molecule has 0 saturated heterocycles. The first-order valence-electron chi connectivity index (χ1n) is 17.8. The van der Waals surface area contributed by atoms with Crippen LogP contribution in [0.5, 0.6) is 0 Å². The minimum absolute atomic E-state index is 0.104. The van der Waals surface area contributed by atoms with Gasteiger partial charge in [0.05, 0.1) is 6.61 Å². The largest absolute Gasteiger partial charge is 0.462 e. The van der Waals surface area contributed by atoms with Gasteiger partial charge in [0.2, 0.25) is 0 Å². The molecule has 0 amide bonds. The van der Waals surface area contributed by atoms with Gasteiger partial charge in [0.15, 0.2) is 6.10 Å². The molecule has 5 heteroatoms. The lowest BCUT2D eigenvalue weighted by Gasteiger charge is -2.15. The van der Waals surface area contributed by atoms with Crippen molar-refractivity contribution in [1.29, 1.82) is 0 Å². The topological polar surface area (TPSA) is 72.8 Å². The van der Waals surface area contributed by atoms with Gasteiger partial charge in [0.1, 0.15) is 6.61 Å². The molecule has 0 aromatic carbocycles. The highest BCUT2D eigenvalue weighted by atomic mass is 16.6. The Morgan fingerprint density at radius 2 is 0.891 bits per heavy atom. The van der Waals surface area contributed by atoms with Crippen LogP contribution in [0.3, 0.4) is 0 Å². The smallest absolute Gasteiger partial charge is 0.306 e. The van der Waals surface area contributed by atoms with Crippen molar-refractivity contribution in [1.82, 2.24) is 0 Å². The fourth-order valence-corrected chi connectivity index (χ4v) is 4.25. The first kappa shape index (κ1) is 42.8. The maximum atomic E-state index is 12.1. The van der Waals surface area contributed by atoms with E-state index >= 15 is 0 Å². The zero-order valence-corrected chi connectivity index (χ0v) is 29.0. The summed E-state index contributed by atoms with van der Waals surface area (Å²) in [6.45, 7) is 3.82. The summed E-state index contributed by atoms with van der Waals surface area (Å²) in [6, 6.07) is 0. The van der Waals surface area contributed by atoms with Crippen molar-refractivity contribution < 1.29 is 24.2 Å². The molecule has 0 bridgehead atoms. The van der Waals surface area contributed by atoms with Crippen LogP contribution in [0.1, 0.15) is 129 Å². The first-order chi connectivity index (χ1) is 22.6. The molecule has 0 spiro atoms. The van der Waals surface area contributed by atoms with Gasteiger partial charge in [-0.25, -0.2) is 0 Å². The molecule has 0 radical (unpaired) electrons. The van der Waals surface area contributed by atoms with Crippen molar-refractivity contribution in [3.63, 3.8) is 0 Å². The van der Waals surface area contributed by atoms with Gasteiger partial charge in [-0.1, -0.05) is 130 Å². The van der Waals surface area contributed by atoms with Gasteiger partial charge in [-0.3, -0.25) is 9.59 Å². The zero-order chi connectivity index (χ0) is 33.6. The number of hydrogen-bond acceptors (Lipinski definition) is 5. The van der Waals surface area contributed by atoms with E-state index in [1.54, 1.807) is 0 Å². The molecule has 0 rings (SSSR count). The van der Waals surface area contributed by atoms with Crippen LogP contribution in [-0.4, -0.2) is 36.4 Å². The van der Waals surface area contributed by atoms with Gasteiger partial charge in [-0.05, 0) is 83.5 Å².